The van der Waals surface area contributed by atoms with Gasteiger partial charge in [-0.1, -0.05) is 30.3 Å². The molecule has 0 spiro atoms. The minimum absolute atomic E-state index is 0.0290. The number of nitrogens with zero attached hydrogens (tertiary/aromatic N) is 1. The Hall–Kier alpha value is -2.33. The Morgan fingerprint density at radius 1 is 1.16 bits per heavy atom. The maximum Gasteiger partial charge on any atom is 0.125 e. The zero-order chi connectivity index (χ0) is 12.9. The van der Waals surface area contributed by atoms with Crippen LogP contribution < -0.4 is 5.32 Å². The summed E-state index contributed by atoms with van der Waals surface area (Å²) in [6.07, 6.45) is 5.27. The molecule has 3 rings (SSSR count). The fourth-order valence-corrected chi connectivity index (χ4v) is 2.08. The van der Waals surface area contributed by atoms with Crippen LogP contribution in [0.5, 0.6) is 0 Å². The summed E-state index contributed by atoms with van der Waals surface area (Å²) in [6.45, 7) is 0.660. The Morgan fingerprint density at radius 2 is 2.05 bits per heavy atom. The van der Waals surface area contributed by atoms with Gasteiger partial charge < -0.3 is 9.40 Å². The Kier molecular flexibility index (Phi) is 3.42. The molecule has 0 aliphatic carbocycles. The maximum atomic E-state index is 5.53. The SMILES string of the molecule is c1ccc(C(NCc2ncc[nH]2)c2ccco2)cc1. The number of H-pyrrole nitrogens is 1. The van der Waals surface area contributed by atoms with Crippen LogP contribution in [0.15, 0.2) is 65.5 Å². The molecule has 4 nitrogen and oxygen atoms in total. The molecule has 0 amide bonds. The zero-order valence-electron chi connectivity index (χ0n) is 10.4. The fourth-order valence-electron chi connectivity index (χ4n) is 2.08. The number of imidazole rings is 1. The van der Waals surface area contributed by atoms with Gasteiger partial charge in [-0.2, -0.15) is 0 Å². The van der Waals surface area contributed by atoms with E-state index < -0.39 is 0 Å². The third-order valence-corrected chi connectivity index (χ3v) is 2.99. The third-order valence-electron chi connectivity index (χ3n) is 2.99. The summed E-state index contributed by atoms with van der Waals surface area (Å²) in [7, 11) is 0. The largest absolute Gasteiger partial charge is 0.467 e. The second kappa shape index (κ2) is 5.54. The molecule has 1 aromatic carbocycles. The van der Waals surface area contributed by atoms with Gasteiger partial charge in [0.1, 0.15) is 11.6 Å². The van der Waals surface area contributed by atoms with Crippen molar-refractivity contribution in [2.24, 2.45) is 0 Å². The summed E-state index contributed by atoms with van der Waals surface area (Å²) in [5.41, 5.74) is 1.17. The molecule has 19 heavy (non-hydrogen) atoms. The van der Waals surface area contributed by atoms with E-state index in [4.69, 9.17) is 4.42 Å². The summed E-state index contributed by atoms with van der Waals surface area (Å²) >= 11 is 0. The lowest BCUT2D eigenvalue weighted by atomic mass is 10.0. The molecule has 3 aromatic rings. The first-order valence-electron chi connectivity index (χ1n) is 6.23. The Balaban J connectivity index is 1.81. The van der Waals surface area contributed by atoms with Crippen molar-refractivity contribution in [3.05, 3.63) is 78.3 Å². The highest BCUT2D eigenvalue weighted by molar-refractivity contribution is 5.26. The van der Waals surface area contributed by atoms with Gasteiger partial charge in [-0.15, -0.1) is 0 Å². The van der Waals surface area contributed by atoms with E-state index in [2.05, 4.69) is 27.4 Å². The molecule has 2 aromatic heterocycles. The Labute approximate surface area is 111 Å². The van der Waals surface area contributed by atoms with Gasteiger partial charge in [-0.25, -0.2) is 4.98 Å². The Morgan fingerprint density at radius 3 is 2.74 bits per heavy atom. The number of rotatable bonds is 5. The van der Waals surface area contributed by atoms with Crippen LogP contribution in [0.25, 0.3) is 0 Å². The highest BCUT2D eigenvalue weighted by Crippen LogP contribution is 2.22. The lowest BCUT2D eigenvalue weighted by Crippen LogP contribution is -2.22. The molecule has 1 unspecified atom stereocenters. The first-order valence-corrected chi connectivity index (χ1v) is 6.23. The van der Waals surface area contributed by atoms with Crippen molar-refractivity contribution in [1.29, 1.82) is 0 Å². The molecule has 2 heterocycles. The van der Waals surface area contributed by atoms with E-state index in [-0.39, 0.29) is 6.04 Å². The second-order valence-corrected chi connectivity index (χ2v) is 4.28. The van der Waals surface area contributed by atoms with E-state index in [1.807, 2.05) is 36.5 Å². The van der Waals surface area contributed by atoms with Crippen LogP contribution in [0, 0.1) is 0 Å². The predicted octanol–water partition coefficient (Wildman–Crippen LogP) is 2.88. The molecule has 0 saturated heterocycles. The molecule has 0 saturated carbocycles. The van der Waals surface area contributed by atoms with E-state index in [1.165, 1.54) is 5.56 Å². The highest BCUT2D eigenvalue weighted by Gasteiger charge is 2.16. The summed E-state index contributed by atoms with van der Waals surface area (Å²) < 4.78 is 5.53. The molecule has 1 atom stereocenters. The number of aromatic amines is 1. The molecular formula is C15H15N3O. The average molecular weight is 253 g/mol. The summed E-state index contributed by atoms with van der Waals surface area (Å²) in [5.74, 6) is 1.81. The van der Waals surface area contributed by atoms with Gasteiger partial charge >= 0.3 is 0 Å². The van der Waals surface area contributed by atoms with Crippen molar-refractivity contribution < 1.29 is 4.42 Å². The lowest BCUT2D eigenvalue weighted by Gasteiger charge is -2.16. The maximum absolute atomic E-state index is 5.53. The van der Waals surface area contributed by atoms with Crippen molar-refractivity contribution in [2.45, 2.75) is 12.6 Å². The van der Waals surface area contributed by atoms with Gasteiger partial charge in [0, 0.05) is 12.4 Å². The predicted molar refractivity (Wildman–Crippen MR) is 72.4 cm³/mol. The highest BCUT2D eigenvalue weighted by atomic mass is 16.3. The van der Waals surface area contributed by atoms with Crippen LogP contribution in [-0.2, 0) is 6.54 Å². The van der Waals surface area contributed by atoms with E-state index >= 15 is 0 Å². The van der Waals surface area contributed by atoms with Gasteiger partial charge in [-0.3, -0.25) is 5.32 Å². The third kappa shape index (κ3) is 2.74. The topological polar surface area (TPSA) is 53.9 Å². The number of furan rings is 1. The minimum atomic E-state index is 0.0290. The smallest absolute Gasteiger partial charge is 0.125 e. The summed E-state index contributed by atoms with van der Waals surface area (Å²) in [4.78, 5) is 7.30. The molecule has 0 fully saturated rings. The van der Waals surface area contributed by atoms with Crippen LogP contribution >= 0.6 is 0 Å². The van der Waals surface area contributed by atoms with E-state index in [0.29, 0.717) is 6.54 Å². The minimum Gasteiger partial charge on any atom is -0.467 e. The lowest BCUT2D eigenvalue weighted by molar-refractivity contribution is 0.443. The van der Waals surface area contributed by atoms with Gasteiger partial charge in [0.25, 0.3) is 0 Å². The summed E-state index contributed by atoms with van der Waals surface area (Å²) in [6, 6.07) is 14.1. The normalized spacial score (nSPS) is 12.4. The number of nitrogens with one attached hydrogen (secondary N) is 2. The van der Waals surface area contributed by atoms with E-state index in [1.54, 1.807) is 12.5 Å². The van der Waals surface area contributed by atoms with Crippen LogP contribution in [-0.4, -0.2) is 9.97 Å². The van der Waals surface area contributed by atoms with Crippen molar-refractivity contribution >= 4 is 0 Å². The first kappa shape index (κ1) is 11.7. The molecule has 0 radical (unpaired) electrons. The number of hydrogen-bond donors (Lipinski definition) is 2. The molecular weight excluding hydrogens is 238 g/mol. The van der Waals surface area contributed by atoms with Gasteiger partial charge in [-0.05, 0) is 17.7 Å². The van der Waals surface area contributed by atoms with Crippen LogP contribution in [0.2, 0.25) is 0 Å². The van der Waals surface area contributed by atoms with Crippen molar-refractivity contribution in [1.82, 2.24) is 15.3 Å². The van der Waals surface area contributed by atoms with E-state index in [0.717, 1.165) is 11.6 Å². The molecule has 2 N–H and O–H groups in total. The molecule has 0 aliphatic rings. The summed E-state index contributed by atoms with van der Waals surface area (Å²) in [5, 5.41) is 3.45. The molecule has 0 aliphatic heterocycles. The van der Waals surface area contributed by atoms with Gasteiger partial charge in [0.05, 0.1) is 18.8 Å². The van der Waals surface area contributed by atoms with Crippen LogP contribution in [0.4, 0.5) is 0 Å². The van der Waals surface area contributed by atoms with Crippen molar-refractivity contribution in [3.63, 3.8) is 0 Å². The van der Waals surface area contributed by atoms with Crippen LogP contribution in [0.3, 0.4) is 0 Å². The monoisotopic (exact) mass is 253 g/mol. The zero-order valence-corrected chi connectivity index (χ0v) is 10.4. The van der Waals surface area contributed by atoms with Gasteiger partial charge in [0.15, 0.2) is 0 Å². The Bertz CT molecular complexity index is 588. The van der Waals surface area contributed by atoms with Crippen molar-refractivity contribution in [2.75, 3.05) is 0 Å². The molecule has 4 heteroatoms. The fraction of sp³-hybridized carbons (Fsp3) is 0.133. The van der Waals surface area contributed by atoms with Crippen molar-refractivity contribution in [3.8, 4) is 0 Å². The van der Waals surface area contributed by atoms with E-state index in [9.17, 15) is 0 Å². The number of aromatic nitrogens is 2. The first-order chi connectivity index (χ1) is 9.43. The average Bonchev–Trinajstić information content (AvgIpc) is 3.13. The molecule has 96 valence electrons. The molecule has 0 bridgehead atoms. The quantitative estimate of drug-likeness (QED) is 0.735. The standard InChI is InChI=1S/C15H15N3O/c1-2-5-12(6-3-1)15(13-7-4-10-19-13)18-11-14-16-8-9-17-14/h1-10,15,18H,11H2,(H,16,17). The number of benzene rings is 1. The number of hydrogen-bond acceptors (Lipinski definition) is 3. The second-order valence-electron chi connectivity index (χ2n) is 4.28. The van der Waals surface area contributed by atoms with Gasteiger partial charge in [0.2, 0.25) is 0 Å². The van der Waals surface area contributed by atoms with Crippen LogP contribution in [0.1, 0.15) is 23.2 Å².